The van der Waals surface area contributed by atoms with Gasteiger partial charge in [0.15, 0.2) is 0 Å². The highest BCUT2D eigenvalue weighted by molar-refractivity contribution is 7.09. The molecule has 23 heavy (non-hydrogen) atoms. The van der Waals surface area contributed by atoms with Gasteiger partial charge in [-0.25, -0.2) is 0 Å². The number of unbranched alkanes of at least 4 members (excludes halogenated alkanes) is 2. The van der Waals surface area contributed by atoms with Gasteiger partial charge in [0.05, 0.1) is 0 Å². The molecule has 2 N–H and O–H groups in total. The third-order valence-electron chi connectivity index (χ3n) is 5.13. The van der Waals surface area contributed by atoms with Crippen molar-refractivity contribution >= 4 is 17.0 Å². The van der Waals surface area contributed by atoms with Crippen molar-refractivity contribution < 1.29 is 0 Å². The Morgan fingerprint density at radius 1 is 1.17 bits per heavy atom. The molecule has 2 aromatic rings. The van der Waals surface area contributed by atoms with E-state index in [2.05, 4.69) is 41.6 Å². The van der Waals surface area contributed by atoms with Crippen LogP contribution in [-0.2, 0) is 19.3 Å². The van der Waals surface area contributed by atoms with Gasteiger partial charge in [0.1, 0.15) is 0 Å². The Bertz CT molecular complexity index is 606. The lowest BCUT2D eigenvalue weighted by Gasteiger charge is -2.33. The molecule has 3 rings (SSSR count). The van der Waals surface area contributed by atoms with Gasteiger partial charge in [-0.1, -0.05) is 24.6 Å². The summed E-state index contributed by atoms with van der Waals surface area (Å²) in [4.78, 5) is 4.09. The molecule has 1 aromatic carbocycles. The molecule has 1 aromatic heterocycles. The Balaban J connectivity index is 1.40. The Labute approximate surface area is 144 Å². The lowest BCUT2D eigenvalue weighted by molar-refractivity contribution is 0.217. The summed E-state index contributed by atoms with van der Waals surface area (Å²) in [6, 6.07) is 11.5. The van der Waals surface area contributed by atoms with Crippen molar-refractivity contribution in [1.82, 2.24) is 4.90 Å². The molecule has 0 fully saturated rings. The number of hydrogen-bond donors (Lipinski definition) is 1. The second-order valence-electron chi connectivity index (χ2n) is 6.75. The highest BCUT2D eigenvalue weighted by atomic mass is 32.1. The van der Waals surface area contributed by atoms with E-state index >= 15 is 0 Å². The average Bonchev–Trinajstić information content (AvgIpc) is 3.07. The second kappa shape index (κ2) is 7.98. The van der Waals surface area contributed by atoms with E-state index in [9.17, 15) is 0 Å². The van der Waals surface area contributed by atoms with Crippen molar-refractivity contribution in [1.29, 1.82) is 0 Å². The summed E-state index contributed by atoms with van der Waals surface area (Å²) in [5.74, 6) is 0. The molecule has 0 aliphatic heterocycles. The number of benzene rings is 1. The molecule has 0 spiro atoms. The first-order valence-corrected chi connectivity index (χ1v) is 9.71. The van der Waals surface area contributed by atoms with E-state index in [1.54, 1.807) is 0 Å². The molecule has 0 amide bonds. The van der Waals surface area contributed by atoms with Crippen molar-refractivity contribution in [2.75, 3.05) is 19.3 Å². The molecule has 0 saturated heterocycles. The maximum atomic E-state index is 6.10. The number of likely N-dealkylation sites (N-methyl/N-ethyl adjacent to an activating group) is 1. The quantitative estimate of drug-likeness (QED) is 0.597. The third-order valence-corrected chi connectivity index (χ3v) is 6.07. The molecule has 124 valence electrons. The first kappa shape index (κ1) is 16.5. The van der Waals surface area contributed by atoms with Crippen molar-refractivity contribution in [3.63, 3.8) is 0 Å². The van der Waals surface area contributed by atoms with Crippen LogP contribution in [0.1, 0.15) is 41.7 Å². The maximum Gasteiger partial charge on any atom is 0.0349 e. The second-order valence-corrected chi connectivity index (χ2v) is 7.78. The fraction of sp³-hybridized carbons (Fsp3) is 0.500. The minimum absolute atomic E-state index is 0.682. The molecule has 0 saturated carbocycles. The van der Waals surface area contributed by atoms with Gasteiger partial charge in [-0.15, -0.1) is 11.3 Å². The van der Waals surface area contributed by atoms with E-state index in [1.165, 1.54) is 54.7 Å². The van der Waals surface area contributed by atoms with Gasteiger partial charge in [-0.05, 0) is 80.8 Å². The molecule has 2 nitrogen and oxygen atoms in total. The summed E-state index contributed by atoms with van der Waals surface area (Å²) < 4.78 is 0. The van der Waals surface area contributed by atoms with E-state index in [4.69, 9.17) is 5.73 Å². The normalized spacial score (nSPS) is 17.4. The predicted octanol–water partition coefficient (Wildman–Crippen LogP) is 4.53. The highest BCUT2D eigenvalue weighted by Crippen LogP contribution is 2.28. The predicted molar refractivity (Wildman–Crippen MR) is 101 cm³/mol. The Morgan fingerprint density at radius 2 is 2.09 bits per heavy atom. The fourth-order valence-electron chi connectivity index (χ4n) is 3.67. The van der Waals surface area contributed by atoms with Crippen molar-refractivity contribution in [2.24, 2.45) is 0 Å². The number of nitrogen functional groups attached to an aromatic ring is 1. The Morgan fingerprint density at radius 3 is 2.91 bits per heavy atom. The smallest absolute Gasteiger partial charge is 0.0349 e. The van der Waals surface area contributed by atoms with Gasteiger partial charge in [0.2, 0.25) is 0 Å². The van der Waals surface area contributed by atoms with E-state index in [1.807, 2.05) is 17.4 Å². The van der Waals surface area contributed by atoms with Crippen LogP contribution in [0.15, 0.2) is 35.7 Å². The highest BCUT2D eigenvalue weighted by Gasteiger charge is 2.22. The first-order chi connectivity index (χ1) is 11.2. The third kappa shape index (κ3) is 4.36. The van der Waals surface area contributed by atoms with E-state index in [0.717, 1.165) is 18.5 Å². The summed E-state index contributed by atoms with van der Waals surface area (Å²) in [6.07, 6.45) is 8.74. The largest absolute Gasteiger partial charge is 0.398 e. The molecule has 1 atom stereocenters. The maximum absolute atomic E-state index is 6.10. The average molecular weight is 329 g/mol. The summed E-state index contributed by atoms with van der Waals surface area (Å²) in [5, 5.41) is 2.18. The molecule has 1 aliphatic carbocycles. The van der Waals surface area contributed by atoms with Gasteiger partial charge in [-0.2, -0.15) is 0 Å². The van der Waals surface area contributed by atoms with Gasteiger partial charge >= 0.3 is 0 Å². The Hall–Kier alpha value is -1.32. The topological polar surface area (TPSA) is 29.3 Å². The van der Waals surface area contributed by atoms with Gasteiger partial charge < -0.3 is 10.6 Å². The lowest BCUT2D eigenvalue weighted by Crippen LogP contribution is -2.37. The summed E-state index contributed by atoms with van der Waals surface area (Å²) in [6.45, 7) is 1.22. The SMILES string of the molecule is CN(CCCCCc1cccs1)C1CCc2c(N)cccc2C1. The van der Waals surface area contributed by atoms with Crippen molar-refractivity contribution in [2.45, 2.75) is 51.0 Å². The minimum Gasteiger partial charge on any atom is -0.398 e. The standard InChI is InChI=1S/C20H28N2S/c1-22(13-4-2-3-8-18-9-6-14-23-18)17-11-12-19-16(15-17)7-5-10-20(19)21/h5-7,9-10,14,17H,2-4,8,11-13,15,21H2,1H3. The number of nitrogens with two attached hydrogens (primary N) is 1. The van der Waals surface area contributed by atoms with Gasteiger partial charge in [0.25, 0.3) is 0 Å². The molecule has 3 heteroatoms. The zero-order valence-electron chi connectivity index (χ0n) is 14.1. The van der Waals surface area contributed by atoms with E-state index < -0.39 is 0 Å². The molecule has 1 unspecified atom stereocenters. The lowest BCUT2D eigenvalue weighted by atomic mass is 9.86. The van der Waals surface area contributed by atoms with Crippen LogP contribution in [0.5, 0.6) is 0 Å². The molecule has 1 aliphatic rings. The van der Waals surface area contributed by atoms with Crippen LogP contribution in [-0.4, -0.2) is 24.5 Å². The zero-order chi connectivity index (χ0) is 16.1. The molecule has 1 heterocycles. The Kier molecular flexibility index (Phi) is 5.74. The number of hydrogen-bond acceptors (Lipinski definition) is 3. The summed E-state index contributed by atoms with van der Waals surface area (Å²) in [7, 11) is 2.29. The zero-order valence-corrected chi connectivity index (χ0v) is 14.9. The number of fused-ring (bicyclic) bond motifs is 1. The van der Waals surface area contributed by atoms with Crippen molar-refractivity contribution in [3.8, 4) is 0 Å². The van der Waals surface area contributed by atoms with Crippen LogP contribution in [0.2, 0.25) is 0 Å². The van der Waals surface area contributed by atoms with Crippen LogP contribution >= 0.6 is 11.3 Å². The molecular weight excluding hydrogens is 300 g/mol. The number of anilines is 1. The van der Waals surface area contributed by atoms with Crippen molar-refractivity contribution in [3.05, 3.63) is 51.7 Å². The summed E-state index contributed by atoms with van der Waals surface area (Å²) in [5.41, 5.74) is 9.95. The summed E-state index contributed by atoms with van der Waals surface area (Å²) >= 11 is 1.88. The van der Waals surface area contributed by atoms with Crippen LogP contribution in [0.25, 0.3) is 0 Å². The first-order valence-electron chi connectivity index (χ1n) is 8.83. The molecule has 0 bridgehead atoms. The van der Waals surface area contributed by atoms with Gasteiger partial charge in [0, 0.05) is 16.6 Å². The van der Waals surface area contributed by atoms with E-state index in [0.29, 0.717) is 6.04 Å². The van der Waals surface area contributed by atoms with Crippen LogP contribution in [0.3, 0.4) is 0 Å². The minimum atomic E-state index is 0.682. The number of rotatable bonds is 7. The monoisotopic (exact) mass is 328 g/mol. The number of aryl methyl sites for hydroxylation is 1. The van der Waals surface area contributed by atoms with Crippen LogP contribution in [0.4, 0.5) is 5.69 Å². The number of thiophene rings is 1. The van der Waals surface area contributed by atoms with Crippen LogP contribution < -0.4 is 5.73 Å². The van der Waals surface area contributed by atoms with Gasteiger partial charge in [-0.3, -0.25) is 0 Å². The fourth-order valence-corrected chi connectivity index (χ4v) is 4.42. The van der Waals surface area contributed by atoms with Crippen LogP contribution in [0, 0.1) is 0 Å². The molecule has 0 radical (unpaired) electrons. The van der Waals surface area contributed by atoms with E-state index in [-0.39, 0.29) is 0 Å². The number of nitrogens with zero attached hydrogens (tertiary/aromatic N) is 1. The molecular formula is C20H28N2S.